The quantitative estimate of drug-likeness (QED) is 0.383. The summed E-state index contributed by atoms with van der Waals surface area (Å²) in [5.74, 6) is -0.382. The molecule has 0 aliphatic heterocycles. The Kier molecular flexibility index (Phi) is 5.68. The Morgan fingerprint density at radius 3 is 2.77 bits per heavy atom. The molecule has 0 amide bonds. The van der Waals surface area contributed by atoms with Gasteiger partial charge in [0.15, 0.2) is 0 Å². The normalized spacial score (nSPS) is 11.1. The van der Waals surface area contributed by atoms with Gasteiger partial charge in [0, 0.05) is 16.2 Å². The van der Waals surface area contributed by atoms with Crippen molar-refractivity contribution in [3.8, 4) is 11.8 Å². The van der Waals surface area contributed by atoms with E-state index in [0.717, 1.165) is 5.56 Å². The molecule has 0 unspecified atom stereocenters. The number of hydrogen-bond acceptors (Lipinski definition) is 7. The lowest BCUT2D eigenvalue weighted by Gasteiger charge is -2.10. The van der Waals surface area contributed by atoms with Crippen LogP contribution in [0.15, 0.2) is 35.2 Å². The fourth-order valence-corrected chi connectivity index (χ4v) is 3.39. The smallest absolute Gasteiger partial charge is 0.341 e. The summed E-state index contributed by atoms with van der Waals surface area (Å²) >= 11 is 3.33. The summed E-state index contributed by atoms with van der Waals surface area (Å²) in [6.45, 7) is 4.05. The fraction of sp³-hybridized carbons (Fsp3) is 0.250. The third-order valence-electron chi connectivity index (χ3n) is 4.58. The summed E-state index contributed by atoms with van der Waals surface area (Å²) in [4.78, 5) is 20.7. The van der Waals surface area contributed by atoms with E-state index < -0.39 is 5.97 Å². The zero-order valence-electron chi connectivity index (χ0n) is 17.0. The van der Waals surface area contributed by atoms with Crippen LogP contribution in [0.1, 0.15) is 28.4 Å². The molecule has 3 aromatic heterocycles. The molecule has 0 aliphatic rings. The van der Waals surface area contributed by atoms with Crippen molar-refractivity contribution in [2.75, 3.05) is 13.7 Å². The molecule has 0 N–H and O–H groups in total. The monoisotopic (exact) mass is 488 g/mol. The second-order valence-electron chi connectivity index (χ2n) is 6.66. The van der Waals surface area contributed by atoms with Gasteiger partial charge in [0.2, 0.25) is 5.88 Å². The number of benzene rings is 1. The molecular weight excluding hydrogens is 471 g/mol. The van der Waals surface area contributed by atoms with Gasteiger partial charge in [-0.1, -0.05) is 22.0 Å². The second-order valence-corrected chi connectivity index (χ2v) is 7.51. The number of aromatic nitrogens is 6. The van der Waals surface area contributed by atoms with E-state index in [-0.39, 0.29) is 36.4 Å². The number of aryl methyl sites for hydroxylation is 1. The molecule has 0 saturated heterocycles. The Morgan fingerprint density at radius 2 is 2.03 bits per heavy atom. The topological polar surface area (TPSA) is 97.0 Å². The van der Waals surface area contributed by atoms with Gasteiger partial charge in [0.05, 0.1) is 38.2 Å². The van der Waals surface area contributed by atoms with Crippen molar-refractivity contribution < 1.29 is 18.7 Å². The number of fused-ring (bicyclic) bond motifs is 1. The largest absolute Gasteiger partial charge is 0.479 e. The van der Waals surface area contributed by atoms with Crippen LogP contribution in [0.3, 0.4) is 0 Å². The number of rotatable bonds is 6. The van der Waals surface area contributed by atoms with E-state index in [1.165, 1.54) is 30.3 Å². The minimum atomic E-state index is -0.485. The van der Waals surface area contributed by atoms with Crippen molar-refractivity contribution in [2.24, 2.45) is 0 Å². The molecule has 0 bridgehead atoms. The molecular formula is C20H18BrFN6O3. The number of methoxy groups -OCH3 is 1. The van der Waals surface area contributed by atoms with Gasteiger partial charge < -0.3 is 9.47 Å². The molecule has 31 heavy (non-hydrogen) atoms. The molecule has 160 valence electrons. The lowest BCUT2D eigenvalue weighted by atomic mass is 10.1. The second kappa shape index (κ2) is 8.42. The van der Waals surface area contributed by atoms with E-state index in [2.05, 4.69) is 36.1 Å². The Labute approximate surface area is 184 Å². The first-order valence-electron chi connectivity index (χ1n) is 9.35. The summed E-state index contributed by atoms with van der Waals surface area (Å²) in [5.41, 5.74) is 2.67. The fourth-order valence-electron chi connectivity index (χ4n) is 3.07. The van der Waals surface area contributed by atoms with Gasteiger partial charge >= 0.3 is 5.97 Å². The van der Waals surface area contributed by atoms with Crippen LogP contribution in [0.2, 0.25) is 0 Å². The number of carbonyl (C=O) groups excluding carboxylic acids is 1. The molecule has 0 atom stereocenters. The molecule has 0 fully saturated rings. The zero-order chi connectivity index (χ0) is 22.1. The number of halogens is 2. The van der Waals surface area contributed by atoms with Crippen LogP contribution in [-0.4, -0.2) is 49.2 Å². The summed E-state index contributed by atoms with van der Waals surface area (Å²) < 4.78 is 28.5. The van der Waals surface area contributed by atoms with E-state index in [4.69, 9.17) is 9.47 Å². The van der Waals surface area contributed by atoms with Gasteiger partial charge in [-0.3, -0.25) is 4.68 Å². The summed E-state index contributed by atoms with van der Waals surface area (Å²) in [6, 6.07) is 3.19. The number of nitrogens with zero attached hydrogens (tertiary/aromatic N) is 6. The van der Waals surface area contributed by atoms with Crippen LogP contribution in [0, 0.1) is 12.7 Å². The molecule has 0 saturated carbocycles. The van der Waals surface area contributed by atoms with Crippen molar-refractivity contribution in [1.29, 1.82) is 0 Å². The lowest BCUT2D eigenvalue weighted by molar-refractivity contribution is 0.0526. The van der Waals surface area contributed by atoms with Gasteiger partial charge in [-0.15, -0.1) is 0 Å². The first kappa shape index (κ1) is 20.9. The molecule has 1 aromatic carbocycles. The molecule has 11 heteroatoms. The predicted molar refractivity (Wildman–Crippen MR) is 113 cm³/mol. The number of ether oxygens (including phenoxy) is 2. The Morgan fingerprint density at radius 1 is 1.23 bits per heavy atom. The highest BCUT2D eigenvalue weighted by molar-refractivity contribution is 9.10. The average molecular weight is 489 g/mol. The van der Waals surface area contributed by atoms with E-state index >= 15 is 0 Å². The molecule has 4 rings (SSSR count). The van der Waals surface area contributed by atoms with Crippen LogP contribution in [-0.2, 0) is 11.3 Å². The molecule has 4 aromatic rings. The van der Waals surface area contributed by atoms with E-state index in [1.807, 2.05) is 6.92 Å². The standard InChI is InChI=1S/C20H18BrFN6O3/c1-4-31-19(29)13-7-23-28(10-13)20-25-16-8-24-27(17(16)18(26-20)30-3)9-12-5-11(2)14(21)6-15(12)22/h5-8,10H,4,9H2,1-3H3. The van der Waals surface area contributed by atoms with Gasteiger partial charge in [-0.25, -0.2) is 18.9 Å². The maximum absolute atomic E-state index is 14.4. The molecule has 0 radical (unpaired) electrons. The van der Waals surface area contributed by atoms with Crippen molar-refractivity contribution in [3.05, 3.63) is 57.7 Å². The van der Waals surface area contributed by atoms with Crippen LogP contribution in [0.5, 0.6) is 5.88 Å². The lowest BCUT2D eigenvalue weighted by Crippen LogP contribution is -2.08. The summed E-state index contributed by atoms with van der Waals surface area (Å²) in [7, 11) is 1.47. The maximum Gasteiger partial charge on any atom is 0.341 e. The minimum absolute atomic E-state index is 0.178. The van der Waals surface area contributed by atoms with E-state index in [9.17, 15) is 9.18 Å². The Bertz CT molecular complexity index is 1290. The van der Waals surface area contributed by atoms with Crippen LogP contribution in [0.4, 0.5) is 4.39 Å². The summed E-state index contributed by atoms with van der Waals surface area (Å²) in [6.07, 6.45) is 4.39. The van der Waals surface area contributed by atoms with Crippen LogP contribution >= 0.6 is 15.9 Å². The van der Waals surface area contributed by atoms with Gasteiger partial charge in [0.25, 0.3) is 5.95 Å². The van der Waals surface area contributed by atoms with E-state index in [1.54, 1.807) is 23.9 Å². The molecule has 9 nitrogen and oxygen atoms in total. The highest BCUT2D eigenvalue weighted by Gasteiger charge is 2.18. The number of hydrogen-bond donors (Lipinski definition) is 0. The first-order chi connectivity index (χ1) is 14.9. The number of esters is 1. The molecule has 0 spiro atoms. The zero-order valence-corrected chi connectivity index (χ0v) is 18.6. The van der Waals surface area contributed by atoms with Gasteiger partial charge in [-0.05, 0) is 25.5 Å². The van der Waals surface area contributed by atoms with Crippen LogP contribution < -0.4 is 4.74 Å². The third-order valence-corrected chi connectivity index (χ3v) is 5.44. The van der Waals surface area contributed by atoms with Crippen molar-refractivity contribution in [3.63, 3.8) is 0 Å². The maximum atomic E-state index is 14.4. The highest BCUT2D eigenvalue weighted by atomic mass is 79.9. The van der Waals surface area contributed by atoms with Crippen LogP contribution in [0.25, 0.3) is 17.0 Å². The van der Waals surface area contributed by atoms with Gasteiger partial charge in [0.1, 0.15) is 16.9 Å². The Hall–Kier alpha value is -3.34. The van der Waals surface area contributed by atoms with Crippen molar-refractivity contribution >= 4 is 32.9 Å². The first-order valence-corrected chi connectivity index (χ1v) is 10.1. The molecule has 0 aliphatic carbocycles. The SMILES string of the molecule is CCOC(=O)c1cnn(-c2nc(OC)c3c(cnn3Cc3cc(C)c(Br)cc3F)n2)c1. The van der Waals surface area contributed by atoms with E-state index in [0.29, 0.717) is 21.1 Å². The Balaban J connectivity index is 1.73. The summed E-state index contributed by atoms with van der Waals surface area (Å²) in [5, 5.41) is 8.47. The average Bonchev–Trinajstić information content (AvgIpc) is 3.39. The highest BCUT2D eigenvalue weighted by Crippen LogP contribution is 2.26. The predicted octanol–water partition coefficient (Wildman–Crippen LogP) is 3.46. The van der Waals surface area contributed by atoms with Crippen molar-refractivity contribution in [1.82, 2.24) is 29.5 Å². The third kappa shape index (κ3) is 4.00. The van der Waals surface area contributed by atoms with Gasteiger partial charge in [-0.2, -0.15) is 15.2 Å². The molecule has 3 heterocycles. The number of carbonyl (C=O) groups is 1. The minimum Gasteiger partial charge on any atom is -0.479 e. The van der Waals surface area contributed by atoms with Crippen molar-refractivity contribution in [2.45, 2.75) is 20.4 Å².